The number of furan rings is 1. The Balaban J connectivity index is 1.73. The minimum absolute atomic E-state index is 0.0417. The molecule has 3 rings (SSSR count). The zero-order chi connectivity index (χ0) is 18.6. The van der Waals surface area contributed by atoms with Crippen LogP contribution in [-0.2, 0) is 21.2 Å². The van der Waals surface area contributed by atoms with E-state index in [0.717, 1.165) is 5.76 Å². The van der Waals surface area contributed by atoms with Gasteiger partial charge < -0.3 is 14.5 Å². The molecular weight excluding hydrogens is 380 g/mol. The summed E-state index contributed by atoms with van der Waals surface area (Å²) in [5, 5.41) is 2.92. The van der Waals surface area contributed by atoms with E-state index in [9.17, 15) is 13.2 Å². The number of rotatable bonds is 6. The van der Waals surface area contributed by atoms with Gasteiger partial charge in [-0.05, 0) is 30.3 Å². The Hall–Kier alpha value is -1.87. The second-order valence-corrected chi connectivity index (χ2v) is 8.09. The van der Waals surface area contributed by atoms with Crippen LogP contribution in [0.25, 0.3) is 0 Å². The van der Waals surface area contributed by atoms with Crippen molar-refractivity contribution >= 4 is 27.5 Å². The van der Waals surface area contributed by atoms with Gasteiger partial charge in [-0.3, -0.25) is 4.79 Å². The van der Waals surface area contributed by atoms with Gasteiger partial charge in [0, 0.05) is 26.1 Å². The van der Waals surface area contributed by atoms with Crippen molar-refractivity contribution < 1.29 is 22.4 Å². The normalized spacial score (nSPS) is 15.7. The molecule has 1 aromatic carbocycles. The van der Waals surface area contributed by atoms with Crippen molar-refractivity contribution in [2.45, 2.75) is 11.3 Å². The van der Waals surface area contributed by atoms with Crippen LogP contribution in [0.1, 0.15) is 16.1 Å². The second kappa shape index (κ2) is 8.22. The number of hydrogen-bond acceptors (Lipinski definition) is 5. The number of carbonyl (C=O) groups excluding carboxylic acids is 1. The number of amides is 1. The van der Waals surface area contributed by atoms with Crippen LogP contribution in [0.15, 0.2) is 45.9 Å². The molecule has 9 heteroatoms. The number of benzene rings is 1. The highest BCUT2D eigenvalue weighted by Gasteiger charge is 2.27. The lowest BCUT2D eigenvalue weighted by Crippen LogP contribution is -2.40. The zero-order valence-electron chi connectivity index (χ0n) is 14.0. The third kappa shape index (κ3) is 4.27. The highest BCUT2D eigenvalue weighted by molar-refractivity contribution is 7.89. The first kappa shape index (κ1) is 18.9. The van der Waals surface area contributed by atoms with Crippen molar-refractivity contribution in [2.75, 3.05) is 32.8 Å². The Bertz CT molecular complexity index is 861. The maximum absolute atomic E-state index is 12.7. The number of carbonyl (C=O) groups is 1. The molecule has 1 N–H and O–H groups in total. The molecule has 1 aliphatic rings. The Kier molecular flexibility index (Phi) is 5.98. The molecule has 1 aromatic heterocycles. The highest BCUT2D eigenvalue weighted by Crippen LogP contribution is 2.23. The predicted molar refractivity (Wildman–Crippen MR) is 95.8 cm³/mol. The van der Waals surface area contributed by atoms with Crippen LogP contribution >= 0.6 is 11.6 Å². The van der Waals surface area contributed by atoms with E-state index in [0.29, 0.717) is 26.2 Å². The molecule has 0 atom stereocenters. The van der Waals surface area contributed by atoms with Crippen LogP contribution in [0.3, 0.4) is 0 Å². The average molecular weight is 399 g/mol. The third-order valence-electron chi connectivity index (χ3n) is 4.03. The van der Waals surface area contributed by atoms with Crippen molar-refractivity contribution in [3.8, 4) is 0 Å². The van der Waals surface area contributed by atoms with Gasteiger partial charge in [0.15, 0.2) is 0 Å². The molecule has 1 aliphatic heterocycles. The van der Waals surface area contributed by atoms with Gasteiger partial charge in [-0.2, -0.15) is 4.31 Å². The van der Waals surface area contributed by atoms with Gasteiger partial charge in [0.05, 0.1) is 35.0 Å². The van der Waals surface area contributed by atoms with Gasteiger partial charge in [-0.1, -0.05) is 11.6 Å². The first-order valence-electron chi connectivity index (χ1n) is 8.16. The van der Waals surface area contributed by atoms with Crippen LogP contribution < -0.4 is 5.32 Å². The van der Waals surface area contributed by atoms with Gasteiger partial charge in [0.2, 0.25) is 10.0 Å². The lowest BCUT2D eigenvalue weighted by molar-refractivity contribution is 0.0730. The number of hydrogen-bond donors (Lipinski definition) is 1. The lowest BCUT2D eigenvalue weighted by atomic mass is 10.2. The van der Waals surface area contributed by atoms with Crippen LogP contribution in [-0.4, -0.2) is 51.5 Å². The molecule has 0 spiro atoms. The van der Waals surface area contributed by atoms with E-state index >= 15 is 0 Å². The molecule has 0 radical (unpaired) electrons. The van der Waals surface area contributed by atoms with E-state index in [1.807, 2.05) is 6.07 Å². The third-order valence-corrected chi connectivity index (χ3v) is 6.25. The van der Waals surface area contributed by atoms with Crippen molar-refractivity contribution in [1.29, 1.82) is 0 Å². The molecule has 1 amide bonds. The van der Waals surface area contributed by atoms with E-state index in [1.165, 1.54) is 22.5 Å². The monoisotopic (exact) mass is 398 g/mol. The fraction of sp³-hybridized carbons (Fsp3) is 0.353. The summed E-state index contributed by atoms with van der Waals surface area (Å²) in [6.07, 6.45) is 2.09. The number of nitrogens with zero attached hydrogens (tertiary/aromatic N) is 1. The van der Waals surface area contributed by atoms with Crippen molar-refractivity contribution in [3.63, 3.8) is 0 Å². The van der Waals surface area contributed by atoms with Gasteiger partial charge in [0.1, 0.15) is 5.76 Å². The Morgan fingerprint density at radius 3 is 2.69 bits per heavy atom. The van der Waals surface area contributed by atoms with Gasteiger partial charge in [0.25, 0.3) is 5.91 Å². The summed E-state index contributed by atoms with van der Waals surface area (Å²) in [4.78, 5) is 12.4. The number of ether oxygens (including phenoxy) is 1. The van der Waals surface area contributed by atoms with Crippen LogP contribution in [0.2, 0.25) is 5.02 Å². The van der Waals surface area contributed by atoms with Gasteiger partial charge >= 0.3 is 0 Å². The van der Waals surface area contributed by atoms with E-state index in [2.05, 4.69) is 5.32 Å². The maximum Gasteiger partial charge on any atom is 0.252 e. The summed E-state index contributed by atoms with van der Waals surface area (Å²) in [5.74, 6) is 0.320. The molecule has 7 nitrogen and oxygen atoms in total. The van der Waals surface area contributed by atoms with E-state index < -0.39 is 15.9 Å². The molecular formula is C17H19ClN2O5S. The predicted octanol–water partition coefficient (Wildman–Crippen LogP) is 1.93. The molecule has 0 unspecified atom stereocenters. The second-order valence-electron chi connectivity index (χ2n) is 5.74. The fourth-order valence-corrected chi connectivity index (χ4v) is 4.26. The standard InChI is InChI=1S/C17H19ClN2O5S/c18-16-4-3-14(26(22,23)20-7-10-24-11-8-20)12-15(16)17(21)19-6-5-13-2-1-9-25-13/h1-4,9,12H,5-8,10-11H2,(H,19,21). The summed E-state index contributed by atoms with van der Waals surface area (Å²) in [6.45, 7) is 1.63. The summed E-state index contributed by atoms with van der Waals surface area (Å²) < 4.78 is 37.2. The summed E-state index contributed by atoms with van der Waals surface area (Å²) in [6, 6.07) is 7.74. The average Bonchev–Trinajstić information content (AvgIpc) is 3.16. The number of halogens is 1. The number of sulfonamides is 1. The zero-order valence-corrected chi connectivity index (χ0v) is 15.6. The molecule has 2 aromatic rings. The van der Waals surface area contributed by atoms with Crippen LogP contribution in [0.5, 0.6) is 0 Å². The minimum atomic E-state index is -3.69. The Labute approximate surface area is 156 Å². The topological polar surface area (TPSA) is 88.8 Å². The number of nitrogens with one attached hydrogen (secondary N) is 1. The quantitative estimate of drug-likeness (QED) is 0.803. The van der Waals surface area contributed by atoms with Crippen LogP contribution in [0, 0.1) is 0 Å². The maximum atomic E-state index is 12.7. The largest absolute Gasteiger partial charge is 0.469 e. The molecule has 1 fully saturated rings. The van der Waals surface area contributed by atoms with Crippen molar-refractivity contribution in [3.05, 3.63) is 52.9 Å². The summed E-state index contributed by atoms with van der Waals surface area (Å²) >= 11 is 6.10. The lowest BCUT2D eigenvalue weighted by Gasteiger charge is -2.26. The molecule has 2 heterocycles. The molecule has 0 bridgehead atoms. The van der Waals surface area contributed by atoms with Gasteiger partial charge in [-0.25, -0.2) is 8.42 Å². The molecule has 1 saturated heterocycles. The van der Waals surface area contributed by atoms with Crippen LogP contribution in [0.4, 0.5) is 0 Å². The Morgan fingerprint density at radius 1 is 1.23 bits per heavy atom. The highest BCUT2D eigenvalue weighted by atomic mass is 35.5. The van der Waals surface area contributed by atoms with Crippen molar-refractivity contribution in [1.82, 2.24) is 9.62 Å². The first-order chi connectivity index (χ1) is 12.5. The SMILES string of the molecule is O=C(NCCc1ccco1)c1cc(S(=O)(=O)N2CCOCC2)ccc1Cl. The summed E-state index contributed by atoms with van der Waals surface area (Å²) in [5.41, 5.74) is 0.125. The fourth-order valence-electron chi connectivity index (χ4n) is 2.62. The molecule has 26 heavy (non-hydrogen) atoms. The van der Waals surface area contributed by atoms with Gasteiger partial charge in [-0.15, -0.1) is 0 Å². The Morgan fingerprint density at radius 2 is 2.00 bits per heavy atom. The van der Waals surface area contributed by atoms with E-state index in [4.69, 9.17) is 20.8 Å². The molecule has 0 saturated carbocycles. The molecule has 0 aliphatic carbocycles. The minimum Gasteiger partial charge on any atom is -0.469 e. The number of morpholine rings is 1. The summed E-state index contributed by atoms with van der Waals surface area (Å²) in [7, 11) is -3.69. The smallest absolute Gasteiger partial charge is 0.252 e. The van der Waals surface area contributed by atoms with E-state index in [-0.39, 0.29) is 28.6 Å². The molecule has 140 valence electrons. The van der Waals surface area contributed by atoms with E-state index in [1.54, 1.807) is 12.3 Å². The first-order valence-corrected chi connectivity index (χ1v) is 9.98. The van der Waals surface area contributed by atoms with Crippen molar-refractivity contribution in [2.24, 2.45) is 0 Å².